The molecule has 0 radical (unpaired) electrons. The van der Waals surface area contributed by atoms with Gasteiger partial charge in [-0.1, -0.05) is 24.3 Å². The first-order chi connectivity index (χ1) is 15.0. The molecule has 2 unspecified atom stereocenters. The summed E-state index contributed by atoms with van der Waals surface area (Å²) in [6.45, 7) is 7.55. The van der Waals surface area contributed by atoms with E-state index in [9.17, 15) is 4.79 Å². The third-order valence-electron chi connectivity index (χ3n) is 7.15. The van der Waals surface area contributed by atoms with E-state index in [1.165, 1.54) is 6.42 Å². The number of hydrogen-bond donors (Lipinski definition) is 1. The van der Waals surface area contributed by atoms with E-state index < -0.39 is 11.0 Å². The van der Waals surface area contributed by atoms with Gasteiger partial charge in [-0.3, -0.25) is 4.79 Å². The molecule has 164 valence electrons. The molecule has 0 saturated carbocycles. The van der Waals surface area contributed by atoms with Gasteiger partial charge in [0.15, 0.2) is 0 Å². The number of hydrogen-bond acceptors (Lipinski definition) is 4. The average molecular weight is 422 g/mol. The zero-order chi connectivity index (χ0) is 21.6. The molecule has 1 fully saturated rings. The molecule has 3 aliphatic heterocycles. The highest BCUT2D eigenvalue weighted by molar-refractivity contribution is 6.09. The molecular formula is C26H31NO4. The van der Waals surface area contributed by atoms with Gasteiger partial charge in [0, 0.05) is 29.8 Å². The maximum Gasteiger partial charge on any atom is 0.240 e. The fourth-order valence-electron chi connectivity index (χ4n) is 5.84. The summed E-state index contributed by atoms with van der Waals surface area (Å²) in [5.74, 6) is 1.44. The lowest BCUT2D eigenvalue weighted by Gasteiger charge is -2.51. The molecule has 3 aliphatic rings. The SMILES string of the molecule is CCOc1ccc2c(c1)OC(C)(C)C(C[C@H]1CCCCO1)C21C(=O)Nc2ccccc21. The lowest BCUT2D eigenvalue weighted by molar-refractivity contribution is -0.129. The van der Waals surface area contributed by atoms with Crippen molar-refractivity contribution in [3.05, 3.63) is 53.6 Å². The predicted molar refractivity (Wildman–Crippen MR) is 120 cm³/mol. The van der Waals surface area contributed by atoms with E-state index in [0.29, 0.717) is 6.61 Å². The minimum absolute atomic E-state index is 0.0243. The van der Waals surface area contributed by atoms with Gasteiger partial charge in [0.05, 0.1) is 12.7 Å². The molecule has 0 bridgehead atoms. The molecule has 2 aromatic carbocycles. The first-order valence-corrected chi connectivity index (χ1v) is 11.5. The summed E-state index contributed by atoms with van der Waals surface area (Å²) in [5.41, 5.74) is 1.45. The van der Waals surface area contributed by atoms with Crippen LogP contribution in [0.25, 0.3) is 0 Å². The van der Waals surface area contributed by atoms with Crippen molar-refractivity contribution in [3.8, 4) is 11.5 Å². The third kappa shape index (κ3) is 3.13. The van der Waals surface area contributed by atoms with Gasteiger partial charge in [-0.25, -0.2) is 0 Å². The minimum Gasteiger partial charge on any atom is -0.494 e. The standard InChI is InChI=1S/C26H31NO4/c1-4-29-18-12-13-20-22(15-18)31-25(2,3)23(16-17-9-7-8-14-30-17)26(20)19-10-5-6-11-21(19)27-24(26)28/h5-6,10-13,15,17,23H,4,7-9,14,16H2,1-3H3,(H,27,28)/t17-,23?,26?/m1/s1. The second-order valence-corrected chi connectivity index (χ2v) is 9.38. The van der Waals surface area contributed by atoms with Gasteiger partial charge < -0.3 is 19.5 Å². The number of benzene rings is 2. The Balaban J connectivity index is 1.71. The lowest BCUT2D eigenvalue weighted by Crippen LogP contribution is -2.58. The molecule has 5 rings (SSSR count). The molecule has 5 nitrogen and oxygen atoms in total. The quantitative estimate of drug-likeness (QED) is 0.749. The van der Waals surface area contributed by atoms with Crippen molar-refractivity contribution in [2.75, 3.05) is 18.5 Å². The Morgan fingerprint density at radius 1 is 1.13 bits per heavy atom. The average Bonchev–Trinajstić information content (AvgIpc) is 3.04. The number of ether oxygens (including phenoxy) is 3. The van der Waals surface area contributed by atoms with Gasteiger partial charge in [0.25, 0.3) is 0 Å². The zero-order valence-electron chi connectivity index (χ0n) is 18.6. The highest BCUT2D eigenvalue weighted by Gasteiger charge is 2.62. The van der Waals surface area contributed by atoms with Crippen LogP contribution in [0.1, 0.15) is 57.6 Å². The Hall–Kier alpha value is -2.53. The van der Waals surface area contributed by atoms with E-state index in [2.05, 4.69) is 25.2 Å². The van der Waals surface area contributed by atoms with E-state index in [0.717, 1.165) is 54.2 Å². The minimum atomic E-state index is -0.820. The lowest BCUT2D eigenvalue weighted by atomic mass is 9.58. The summed E-state index contributed by atoms with van der Waals surface area (Å²) >= 11 is 0. The number of rotatable bonds is 4. The number of para-hydroxylation sites is 1. The van der Waals surface area contributed by atoms with Crippen LogP contribution in [0.15, 0.2) is 42.5 Å². The summed E-state index contributed by atoms with van der Waals surface area (Å²) in [5, 5.41) is 3.18. The largest absolute Gasteiger partial charge is 0.494 e. The van der Waals surface area contributed by atoms with Crippen molar-refractivity contribution in [1.82, 2.24) is 0 Å². The van der Waals surface area contributed by atoms with Gasteiger partial charge in [-0.05, 0) is 64.2 Å². The Morgan fingerprint density at radius 3 is 2.74 bits per heavy atom. The van der Waals surface area contributed by atoms with Crippen molar-refractivity contribution in [1.29, 1.82) is 0 Å². The van der Waals surface area contributed by atoms with Crippen molar-refractivity contribution in [2.24, 2.45) is 5.92 Å². The molecule has 0 aromatic heterocycles. The fourth-order valence-corrected chi connectivity index (χ4v) is 5.84. The summed E-state index contributed by atoms with van der Waals surface area (Å²) in [4.78, 5) is 13.9. The van der Waals surface area contributed by atoms with Gasteiger partial charge in [-0.2, -0.15) is 0 Å². The van der Waals surface area contributed by atoms with Crippen LogP contribution in [0.4, 0.5) is 5.69 Å². The Morgan fingerprint density at radius 2 is 1.97 bits per heavy atom. The van der Waals surface area contributed by atoms with Crippen molar-refractivity contribution >= 4 is 11.6 Å². The van der Waals surface area contributed by atoms with Crippen molar-refractivity contribution < 1.29 is 19.0 Å². The number of anilines is 1. The van der Waals surface area contributed by atoms with Gasteiger partial charge in [0.1, 0.15) is 22.5 Å². The number of amides is 1. The van der Waals surface area contributed by atoms with E-state index in [1.54, 1.807) is 0 Å². The second kappa shape index (κ2) is 7.56. The molecule has 0 aliphatic carbocycles. The molecule has 3 atom stereocenters. The summed E-state index contributed by atoms with van der Waals surface area (Å²) in [6.07, 6.45) is 4.23. The van der Waals surface area contributed by atoms with Crippen LogP contribution >= 0.6 is 0 Å². The van der Waals surface area contributed by atoms with Crippen LogP contribution in [-0.4, -0.2) is 30.8 Å². The third-order valence-corrected chi connectivity index (χ3v) is 7.15. The van der Waals surface area contributed by atoms with Crippen LogP contribution in [0.2, 0.25) is 0 Å². The number of nitrogens with one attached hydrogen (secondary N) is 1. The monoisotopic (exact) mass is 421 g/mol. The smallest absolute Gasteiger partial charge is 0.240 e. The first kappa shape index (κ1) is 20.4. The second-order valence-electron chi connectivity index (χ2n) is 9.38. The molecule has 2 aromatic rings. The normalized spacial score (nSPS) is 28.4. The number of carbonyl (C=O) groups is 1. The van der Waals surface area contributed by atoms with Gasteiger partial charge in [0.2, 0.25) is 5.91 Å². The van der Waals surface area contributed by atoms with Crippen LogP contribution < -0.4 is 14.8 Å². The maximum absolute atomic E-state index is 13.9. The van der Waals surface area contributed by atoms with Gasteiger partial charge >= 0.3 is 0 Å². The molecule has 1 amide bonds. The van der Waals surface area contributed by atoms with Crippen LogP contribution in [0.5, 0.6) is 11.5 Å². The number of carbonyl (C=O) groups excluding carboxylic acids is 1. The molecule has 1 N–H and O–H groups in total. The Labute approximate surface area is 184 Å². The summed E-state index contributed by atoms with van der Waals surface area (Å²) in [6, 6.07) is 14.0. The highest BCUT2D eigenvalue weighted by atomic mass is 16.5. The van der Waals surface area contributed by atoms with Crippen LogP contribution in [0.3, 0.4) is 0 Å². The molecule has 1 spiro atoms. The van der Waals surface area contributed by atoms with E-state index in [-0.39, 0.29) is 17.9 Å². The Bertz CT molecular complexity index is 995. The predicted octanol–water partition coefficient (Wildman–Crippen LogP) is 5.07. The molecule has 3 heterocycles. The van der Waals surface area contributed by atoms with Crippen molar-refractivity contribution in [2.45, 2.75) is 63.6 Å². The fraction of sp³-hybridized carbons (Fsp3) is 0.500. The van der Waals surface area contributed by atoms with Gasteiger partial charge in [-0.15, -0.1) is 0 Å². The summed E-state index contributed by atoms with van der Waals surface area (Å²) in [7, 11) is 0. The van der Waals surface area contributed by atoms with E-state index >= 15 is 0 Å². The van der Waals surface area contributed by atoms with Crippen molar-refractivity contribution in [3.63, 3.8) is 0 Å². The van der Waals surface area contributed by atoms with Crippen LogP contribution in [0, 0.1) is 5.92 Å². The van der Waals surface area contributed by atoms with E-state index in [4.69, 9.17) is 14.2 Å². The Kier molecular flexibility index (Phi) is 4.97. The molecule has 31 heavy (non-hydrogen) atoms. The first-order valence-electron chi connectivity index (χ1n) is 11.5. The maximum atomic E-state index is 13.9. The zero-order valence-corrected chi connectivity index (χ0v) is 18.6. The highest BCUT2D eigenvalue weighted by Crippen LogP contribution is 2.59. The van der Waals surface area contributed by atoms with E-state index in [1.807, 2.05) is 43.3 Å². The molecule has 5 heteroatoms. The summed E-state index contributed by atoms with van der Waals surface area (Å²) < 4.78 is 18.5. The van der Waals surface area contributed by atoms with Crippen LogP contribution in [-0.2, 0) is 14.9 Å². The molecule has 1 saturated heterocycles. The number of fused-ring (bicyclic) bond motifs is 4. The molecular weight excluding hydrogens is 390 g/mol. The topological polar surface area (TPSA) is 56.8 Å².